The summed E-state index contributed by atoms with van der Waals surface area (Å²) in [6, 6.07) is 8.57. The lowest BCUT2D eigenvalue weighted by molar-refractivity contribution is -0.119. The largest absolute Gasteiger partial charge is 0.444 e. The highest BCUT2D eigenvalue weighted by atomic mass is 16.6. The van der Waals surface area contributed by atoms with E-state index in [2.05, 4.69) is 34.5 Å². The molecule has 26 heavy (non-hydrogen) atoms. The number of hydrogen-bond acceptors (Lipinski definition) is 4. The van der Waals surface area contributed by atoms with Crippen molar-refractivity contribution in [1.29, 1.82) is 0 Å². The number of nitrogens with one attached hydrogen (secondary N) is 1. The van der Waals surface area contributed by atoms with Crippen molar-refractivity contribution in [2.45, 2.75) is 58.8 Å². The maximum atomic E-state index is 12.0. The SMILES string of the molecule is CC(=O)N[C@@H]1CCN(Cc2ccc(CN(C)C(=O)OC(C)(C)C)cc2)C1. The molecule has 0 unspecified atom stereocenters. The first-order valence-electron chi connectivity index (χ1n) is 9.14. The predicted octanol–water partition coefficient (Wildman–Crippen LogP) is 2.76. The van der Waals surface area contributed by atoms with Gasteiger partial charge in [-0.1, -0.05) is 24.3 Å². The standard InChI is InChI=1S/C20H31N3O3/c1-15(24)21-18-10-11-23(14-18)13-17-8-6-16(7-9-17)12-22(5)19(25)26-20(2,3)4/h6-9,18H,10-14H2,1-5H3,(H,21,24)/t18-/m1/s1. The van der Waals surface area contributed by atoms with Crippen LogP contribution in [0.25, 0.3) is 0 Å². The molecule has 0 saturated carbocycles. The van der Waals surface area contributed by atoms with Crippen molar-refractivity contribution in [2.24, 2.45) is 0 Å². The lowest BCUT2D eigenvalue weighted by Gasteiger charge is -2.24. The number of rotatable bonds is 5. The van der Waals surface area contributed by atoms with Gasteiger partial charge in [-0.15, -0.1) is 0 Å². The fraction of sp³-hybridized carbons (Fsp3) is 0.600. The molecule has 1 aromatic carbocycles. The van der Waals surface area contributed by atoms with E-state index in [-0.39, 0.29) is 18.0 Å². The Hall–Kier alpha value is -2.08. The number of nitrogens with zero attached hydrogens (tertiary/aromatic N) is 2. The summed E-state index contributed by atoms with van der Waals surface area (Å²) in [5.74, 6) is 0.0373. The molecule has 0 radical (unpaired) electrons. The molecule has 2 amide bonds. The van der Waals surface area contributed by atoms with Gasteiger partial charge < -0.3 is 15.0 Å². The van der Waals surface area contributed by atoms with E-state index in [9.17, 15) is 9.59 Å². The Kier molecular flexibility index (Phi) is 6.64. The first kappa shape index (κ1) is 20.2. The van der Waals surface area contributed by atoms with Crippen LogP contribution in [0.5, 0.6) is 0 Å². The fourth-order valence-electron chi connectivity index (χ4n) is 3.07. The molecule has 0 aromatic heterocycles. The van der Waals surface area contributed by atoms with E-state index in [4.69, 9.17) is 4.74 Å². The summed E-state index contributed by atoms with van der Waals surface area (Å²) < 4.78 is 5.37. The van der Waals surface area contributed by atoms with Gasteiger partial charge in [0.05, 0.1) is 0 Å². The number of hydrogen-bond donors (Lipinski definition) is 1. The summed E-state index contributed by atoms with van der Waals surface area (Å²) in [7, 11) is 1.74. The topological polar surface area (TPSA) is 61.9 Å². The van der Waals surface area contributed by atoms with Crippen LogP contribution in [0, 0.1) is 0 Å². The third kappa shape index (κ3) is 6.67. The normalized spacial score (nSPS) is 17.8. The lowest BCUT2D eigenvalue weighted by atomic mass is 10.1. The van der Waals surface area contributed by atoms with E-state index in [0.29, 0.717) is 6.54 Å². The summed E-state index contributed by atoms with van der Waals surface area (Å²) in [5, 5.41) is 2.98. The minimum atomic E-state index is -0.486. The van der Waals surface area contributed by atoms with Gasteiger partial charge in [-0.2, -0.15) is 0 Å². The van der Waals surface area contributed by atoms with Crippen molar-refractivity contribution in [2.75, 3.05) is 20.1 Å². The molecule has 1 fully saturated rings. The van der Waals surface area contributed by atoms with Crippen molar-refractivity contribution >= 4 is 12.0 Å². The van der Waals surface area contributed by atoms with Gasteiger partial charge in [-0.3, -0.25) is 9.69 Å². The fourth-order valence-corrected chi connectivity index (χ4v) is 3.07. The van der Waals surface area contributed by atoms with Gasteiger partial charge >= 0.3 is 6.09 Å². The van der Waals surface area contributed by atoms with Crippen LogP contribution in [0.4, 0.5) is 4.79 Å². The van der Waals surface area contributed by atoms with Crippen LogP contribution in [0.3, 0.4) is 0 Å². The molecule has 0 bridgehead atoms. The highest BCUT2D eigenvalue weighted by Crippen LogP contribution is 2.16. The molecule has 144 valence electrons. The van der Waals surface area contributed by atoms with Crippen LogP contribution >= 0.6 is 0 Å². The molecular formula is C20H31N3O3. The van der Waals surface area contributed by atoms with Gasteiger partial charge in [-0.25, -0.2) is 4.79 Å². The van der Waals surface area contributed by atoms with Crippen LogP contribution in [-0.2, 0) is 22.6 Å². The molecule has 1 N–H and O–H groups in total. The van der Waals surface area contributed by atoms with Crippen molar-refractivity contribution in [3.8, 4) is 0 Å². The second-order valence-corrected chi connectivity index (χ2v) is 8.07. The van der Waals surface area contributed by atoms with Crippen molar-refractivity contribution in [3.05, 3.63) is 35.4 Å². The monoisotopic (exact) mass is 361 g/mol. The number of ether oxygens (including phenoxy) is 1. The zero-order valence-corrected chi connectivity index (χ0v) is 16.5. The maximum Gasteiger partial charge on any atom is 0.410 e. The smallest absolute Gasteiger partial charge is 0.410 e. The molecular weight excluding hydrogens is 330 g/mol. The highest BCUT2D eigenvalue weighted by Gasteiger charge is 2.23. The van der Waals surface area contributed by atoms with E-state index in [0.717, 1.165) is 31.6 Å². The summed E-state index contributed by atoms with van der Waals surface area (Å²) in [5.41, 5.74) is 1.82. The van der Waals surface area contributed by atoms with E-state index >= 15 is 0 Å². The Bertz CT molecular complexity index is 622. The number of carbonyl (C=O) groups is 2. The Balaban J connectivity index is 1.83. The predicted molar refractivity (Wildman–Crippen MR) is 102 cm³/mol. The molecule has 2 rings (SSSR count). The average Bonchev–Trinajstić information content (AvgIpc) is 2.93. The van der Waals surface area contributed by atoms with Crippen LogP contribution in [0.1, 0.15) is 45.2 Å². The molecule has 1 aliphatic heterocycles. The molecule has 1 aromatic rings. The molecule has 1 heterocycles. The van der Waals surface area contributed by atoms with Crippen molar-refractivity contribution < 1.29 is 14.3 Å². The molecule has 6 heteroatoms. The van der Waals surface area contributed by atoms with Gasteiger partial charge in [0.15, 0.2) is 0 Å². The van der Waals surface area contributed by atoms with Crippen LogP contribution in [0.2, 0.25) is 0 Å². The summed E-state index contributed by atoms with van der Waals surface area (Å²) in [6.45, 7) is 10.4. The third-order valence-corrected chi connectivity index (χ3v) is 4.23. The summed E-state index contributed by atoms with van der Waals surface area (Å²) in [4.78, 5) is 27.1. The highest BCUT2D eigenvalue weighted by molar-refractivity contribution is 5.73. The number of carbonyl (C=O) groups excluding carboxylic acids is 2. The average molecular weight is 361 g/mol. The Morgan fingerprint density at radius 2 is 1.85 bits per heavy atom. The van der Waals surface area contributed by atoms with Crippen molar-refractivity contribution in [3.63, 3.8) is 0 Å². The van der Waals surface area contributed by atoms with Crippen molar-refractivity contribution in [1.82, 2.24) is 15.1 Å². The van der Waals surface area contributed by atoms with E-state index < -0.39 is 5.60 Å². The lowest BCUT2D eigenvalue weighted by Crippen LogP contribution is -2.35. The molecule has 6 nitrogen and oxygen atoms in total. The minimum Gasteiger partial charge on any atom is -0.444 e. The van der Waals surface area contributed by atoms with E-state index in [1.807, 2.05) is 20.8 Å². The molecule has 1 saturated heterocycles. The van der Waals surface area contributed by atoms with Gasteiger partial charge in [0.25, 0.3) is 0 Å². The molecule has 1 aliphatic rings. The van der Waals surface area contributed by atoms with Crippen LogP contribution in [-0.4, -0.2) is 53.6 Å². The van der Waals surface area contributed by atoms with Crippen LogP contribution < -0.4 is 5.32 Å². The first-order chi connectivity index (χ1) is 12.1. The van der Waals surface area contributed by atoms with Gasteiger partial charge in [0, 0.05) is 46.2 Å². The molecule has 1 atom stereocenters. The third-order valence-electron chi connectivity index (χ3n) is 4.23. The van der Waals surface area contributed by atoms with Gasteiger partial charge in [0.1, 0.15) is 5.60 Å². The quantitative estimate of drug-likeness (QED) is 0.876. The second-order valence-electron chi connectivity index (χ2n) is 8.07. The number of likely N-dealkylation sites (tertiary alicyclic amines) is 1. The van der Waals surface area contributed by atoms with Gasteiger partial charge in [-0.05, 0) is 38.3 Å². The Morgan fingerprint density at radius 1 is 1.23 bits per heavy atom. The number of amides is 2. The second kappa shape index (κ2) is 8.54. The minimum absolute atomic E-state index is 0.0373. The van der Waals surface area contributed by atoms with Crippen LogP contribution in [0.15, 0.2) is 24.3 Å². The summed E-state index contributed by atoms with van der Waals surface area (Å²) in [6.07, 6.45) is 0.681. The van der Waals surface area contributed by atoms with E-state index in [1.165, 1.54) is 5.56 Å². The maximum absolute atomic E-state index is 12.0. The van der Waals surface area contributed by atoms with E-state index in [1.54, 1.807) is 18.9 Å². The Labute approximate surface area is 156 Å². The number of benzene rings is 1. The zero-order valence-electron chi connectivity index (χ0n) is 16.5. The van der Waals surface area contributed by atoms with Gasteiger partial charge in [0.2, 0.25) is 5.91 Å². The molecule has 0 spiro atoms. The molecule has 0 aliphatic carbocycles. The first-order valence-corrected chi connectivity index (χ1v) is 9.14. The summed E-state index contributed by atoms with van der Waals surface area (Å²) >= 11 is 0. The Morgan fingerprint density at radius 3 is 2.42 bits per heavy atom. The zero-order chi connectivity index (χ0) is 19.3.